The van der Waals surface area contributed by atoms with Crippen molar-refractivity contribution in [3.8, 4) is 0 Å². The fraction of sp³-hybridized carbons (Fsp3) is 0.583. The number of aliphatic hydroxyl groups is 1. The van der Waals surface area contributed by atoms with Crippen LogP contribution < -0.4 is 5.32 Å². The molecule has 0 spiro atoms. The molecule has 90 valence electrons. The molecule has 0 aromatic carbocycles. The van der Waals surface area contributed by atoms with Gasteiger partial charge in [-0.2, -0.15) is 0 Å². The summed E-state index contributed by atoms with van der Waals surface area (Å²) >= 11 is 1.66. The Hall–Kier alpha value is -0.870. The van der Waals surface area contributed by atoms with Gasteiger partial charge in [-0.3, -0.25) is 4.79 Å². The molecule has 0 bridgehead atoms. The zero-order chi connectivity index (χ0) is 12.2. The van der Waals surface area contributed by atoms with Crippen molar-refractivity contribution in [3.05, 3.63) is 22.4 Å². The first-order valence-corrected chi connectivity index (χ1v) is 6.31. The maximum atomic E-state index is 11.6. The molecule has 4 heteroatoms. The van der Waals surface area contributed by atoms with E-state index < -0.39 is 11.6 Å². The minimum atomic E-state index is -0.563. The number of aliphatic hydroxyl groups excluding tert-OH is 1. The average molecular weight is 241 g/mol. The Morgan fingerprint density at radius 3 is 2.81 bits per heavy atom. The van der Waals surface area contributed by atoms with E-state index in [1.165, 1.54) is 4.88 Å². The van der Waals surface area contributed by atoms with Gasteiger partial charge in [-0.25, -0.2) is 0 Å². The normalized spacial score (nSPS) is 13.5. The minimum absolute atomic E-state index is 0.0145. The maximum Gasteiger partial charge on any atom is 0.220 e. The van der Waals surface area contributed by atoms with Crippen molar-refractivity contribution >= 4 is 17.2 Å². The second kappa shape index (κ2) is 5.46. The number of amides is 1. The topological polar surface area (TPSA) is 49.3 Å². The summed E-state index contributed by atoms with van der Waals surface area (Å²) < 4.78 is 0. The van der Waals surface area contributed by atoms with Crippen LogP contribution in [0.3, 0.4) is 0 Å². The number of hydrogen-bond donors (Lipinski definition) is 2. The molecule has 1 rings (SSSR count). The van der Waals surface area contributed by atoms with E-state index in [9.17, 15) is 9.90 Å². The summed E-state index contributed by atoms with van der Waals surface area (Å²) in [5.41, 5.74) is -0.563. The zero-order valence-corrected chi connectivity index (χ0v) is 10.8. The molecule has 0 saturated heterocycles. The fourth-order valence-corrected chi connectivity index (χ4v) is 1.93. The highest BCUT2D eigenvalue weighted by Crippen LogP contribution is 2.12. The van der Waals surface area contributed by atoms with Crippen LogP contribution in [-0.2, 0) is 11.2 Å². The molecule has 1 aromatic rings. The number of nitrogens with one attached hydrogen (secondary N) is 1. The molecule has 1 atom stereocenters. The lowest BCUT2D eigenvalue weighted by Gasteiger charge is -2.29. The van der Waals surface area contributed by atoms with Gasteiger partial charge in [0.25, 0.3) is 0 Å². The average Bonchev–Trinajstić information content (AvgIpc) is 2.66. The highest BCUT2D eigenvalue weighted by molar-refractivity contribution is 7.09. The standard InChI is InChI=1S/C12H19NO2S/c1-9(14)12(2,3)13-11(15)7-6-10-5-4-8-16-10/h4-5,8-9,14H,6-7H2,1-3H3,(H,13,15). The van der Waals surface area contributed by atoms with Gasteiger partial charge in [0, 0.05) is 11.3 Å². The molecular weight excluding hydrogens is 222 g/mol. The van der Waals surface area contributed by atoms with Gasteiger partial charge < -0.3 is 10.4 Å². The molecule has 0 aliphatic heterocycles. The van der Waals surface area contributed by atoms with Crippen LogP contribution in [0.2, 0.25) is 0 Å². The number of carbonyl (C=O) groups is 1. The summed E-state index contributed by atoms with van der Waals surface area (Å²) in [7, 11) is 0. The van der Waals surface area contributed by atoms with E-state index in [-0.39, 0.29) is 5.91 Å². The second-order valence-electron chi connectivity index (χ2n) is 4.53. The minimum Gasteiger partial charge on any atom is -0.391 e. The van der Waals surface area contributed by atoms with Crippen LogP contribution >= 0.6 is 11.3 Å². The largest absolute Gasteiger partial charge is 0.391 e. The van der Waals surface area contributed by atoms with Gasteiger partial charge in [0.2, 0.25) is 5.91 Å². The van der Waals surface area contributed by atoms with Crippen LogP contribution in [0.4, 0.5) is 0 Å². The van der Waals surface area contributed by atoms with E-state index >= 15 is 0 Å². The van der Waals surface area contributed by atoms with Crippen LogP contribution in [0, 0.1) is 0 Å². The summed E-state index contributed by atoms with van der Waals surface area (Å²) in [4.78, 5) is 12.9. The van der Waals surface area contributed by atoms with Crippen molar-refractivity contribution in [1.29, 1.82) is 0 Å². The Labute approximate surface area is 100 Å². The van der Waals surface area contributed by atoms with Gasteiger partial charge in [0.05, 0.1) is 11.6 Å². The second-order valence-corrected chi connectivity index (χ2v) is 5.56. The van der Waals surface area contributed by atoms with Gasteiger partial charge in [-0.1, -0.05) is 6.07 Å². The molecule has 0 aliphatic carbocycles. The van der Waals surface area contributed by atoms with E-state index in [0.29, 0.717) is 6.42 Å². The first kappa shape index (κ1) is 13.2. The van der Waals surface area contributed by atoms with Gasteiger partial charge >= 0.3 is 0 Å². The third kappa shape index (κ3) is 3.94. The van der Waals surface area contributed by atoms with Gasteiger partial charge in [-0.05, 0) is 38.6 Å². The molecule has 1 aromatic heterocycles. The number of rotatable bonds is 5. The lowest BCUT2D eigenvalue weighted by Crippen LogP contribution is -2.51. The number of carbonyl (C=O) groups excluding carboxylic acids is 1. The van der Waals surface area contributed by atoms with Crippen molar-refractivity contribution in [2.45, 2.75) is 45.3 Å². The van der Waals surface area contributed by atoms with E-state index in [1.807, 2.05) is 31.4 Å². The van der Waals surface area contributed by atoms with Crippen LogP contribution in [0.15, 0.2) is 17.5 Å². The SMILES string of the molecule is CC(O)C(C)(C)NC(=O)CCc1cccs1. The van der Waals surface area contributed by atoms with Crippen LogP contribution in [0.1, 0.15) is 32.1 Å². The highest BCUT2D eigenvalue weighted by atomic mass is 32.1. The van der Waals surface area contributed by atoms with Crippen LogP contribution in [0.5, 0.6) is 0 Å². The van der Waals surface area contributed by atoms with Crippen molar-refractivity contribution in [2.75, 3.05) is 0 Å². The van der Waals surface area contributed by atoms with Crippen molar-refractivity contribution in [3.63, 3.8) is 0 Å². The Morgan fingerprint density at radius 2 is 2.31 bits per heavy atom. The smallest absolute Gasteiger partial charge is 0.220 e. The number of hydrogen-bond acceptors (Lipinski definition) is 3. The predicted molar refractivity (Wildman–Crippen MR) is 66.5 cm³/mol. The quantitative estimate of drug-likeness (QED) is 0.828. The molecule has 0 fully saturated rings. The monoisotopic (exact) mass is 241 g/mol. The summed E-state index contributed by atoms with van der Waals surface area (Å²) in [6.07, 6.45) is 0.675. The van der Waals surface area contributed by atoms with Crippen molar-refractivity contribution in [2.24, 2.45) is 0 Å². The summed E-state index contributed by atoms with van der Waals surface area (Å²) in [6.45, 7) is 5.32. The summed E-state index contributed by atoms with van der Waals surface area (Å²) in [6, 6.07) is 4.01. The Bertz CT molecular complexity index is 331. The molecular formula is C12H19NO2S. The Kier molecular flexibility index (Phi) is 4.50. The predicted octanol–water partition coefficient (Wildman–Crippen LogP) is 1.96. The molecule has 2 N–H and O–H groups in total. The van der Waals surface area contributed by atoms with E-state index in [2.05, 4.69) is 5.32 Å². The first-order chi connectivity index (χ1) is 7.42. The van der Waals surface area contributed by atoms with Crippen molar-refractivity contribution < 1.29 is 9.90 Å². The summed E-state index contributed by atoms with van der Waals surface area (Å²) in [5.74, 6) is -0.0145. The van der Waals surface area contributed by atoms with Crippen LogP contribution in [0.25, 0.3) is 0 Å². The van der Waals surface area contributed by atoms with E-state index in [0.717, 1.165) is 6.42 Å². The van der Waals surface area contributed by atoms with Crippen LogP contribution in [-0.4, -0.2) is 22.7 Å². The molecule has 1 unspecified atom stereocenters. The first-order valence-electron chi connectivity index (χ1n) is 5.43. The molecule has 1 heterocycles. The maximum absolute atomic E-state index is 11.6. The summed E-state index contributed by atoms with van der Waals surface area (Å²) in [5, 5.41) is 14.3. The number of aryl methyl sites for hydroxylation is 1. The molecule has 0 aliphatic rings. The lowest BCUT2D eigenvalue weighted by atomic mass is 9.98. The molecule has 16 heavy (non-hydrogen) atoms. The molecule has 0 radical (unpaired) electrons. The molecule has 3 nitrogen and oxygen atoms in total. The van der Waals surface area contributed by atoms with E-state index in [4.69, 9.17) is 0 Å². The van der Waals surface area contributed by atoms with E-state index in [1.54, 1.807) is 18.3 Å². The third-order valence-electron chi connectivity index (χ3n) is 2.68. The molecule has 0 saturated carbocycles. The van der Waals surface area contributed by atoms with Crippen molar-refractivity contribution in [1.82, 2.24) is 5.32 Å². The highest BCUT2D eigenvalue weighted by Gasteiger charge is 2.25. The fourth-order valence-electron chi connectivity index (χ4n) is 1.22. The van der Waals surface area contributed by atoms with Gasteiger partial charge in [0.1, 0.15) is 0 Å². The zero-order valence-electron chi connectivity index (χ0n) is 9.99. The lowest BCUT2D eigenvalue weighted by molar-refractivity contribution is -0.123. The molecule has 1 amide bonds. The third-order valence-corrected chi connectivity index (χ3v) is 3.62. The van der Waals surface area contributed by atoms with Gasteiger partial charge in [0.15, 0.2) is 0 Å². The Balaban J connectivity index is 2.36. The number of thiophene rings is 1. The van der Waals surface area contributed by atoms with Gasteiger partial charge in [-0.15, -0.1) is 11.3 Å². The Morgan fingerprint density at radius 1 is 1.62 bits per heavy atom.